The summed E-state index contributed by atoms with van der Waals surface area (Å²) in [5.74, 6) is 0.365. The fraction of sp³-hybridized carbons (Fsp3) is 0.583. The Bertz CT molecular complexity index is 562. The molecule has 0 saturated carbocycles. The number of carbonyl (C=O) groups is 1. The Morgan fingerprint density at radius 3 is 2.90 bits per heavy atom. The second kappa shape index (κ2) is 6.33. The van der Waals surface area contributed by atoms with Gasteiger partial charge < -0.3 is 15.5 Å². The van der Waals surface area contributed by atoms with Crippen LogP contribution in [0.25, 0.3) is 0 Å². The summed E-state index contributed by atoms with van der Waals surface area (Å²) in [5, 5.41) is 17.0. The van der Waals surface area contributed by atoms with Crippen LogP contribution in [-0.4, -0.2) is 47.0 Å². The highest BCUT2D eigenvalue weighted by molar-refractivity contribution is 5.82. The second-order valence-corrected chi connectivity index (χ2v) is 4.72. The van der Waals surface area contributed by atoms with Crippen molar-refractivity contribution < 1.29 is 9.72 Å². The van der Waals surface area contributed by atoms with Crippen LogP contribution in [0, 0.1) is 17.0 Å². The van der Waals surface area contributed by atoms with Crippen LogP contribution in [0.2, 0.25) is 0 Å². The van der Waals surface area contributed by atoms with Gasteiger partial charge in [-0.25, -0.2) is 4.98 Å². The third kappa shape index (κ3) is 3.36. The molecule has 1 aromatic heterocycles. The van der Waals surface area contributed by atoms with E-state index in [0.29, 0.717) is 32.0 Å². The van der Waals surface area contributed by atoms with Crippen LogP contribution in [0.3, 0.4) is 0 Å². The van der Waals surface area contributed by atoms with Gasteiger partial charge in [-0.05, 0) is 20.3 Å². The molecular formula is C12H18N6O3. The lowest BCUT2D eigenvalue weighted by Crippen LogP contribution is -2.34. The van der Waals surface area contributed by atoms with Gasteiger partial charge in [0.1, 0.15) is 5.69 Å². The van der Waals surface area contributed by atoms with Gasteiger partial charge in [0.25, 0.3) is 0 Å². The fourth-order valence-electron chi connectivity index (χ4n) is 2.21. The highest BCUT2D eigenvalue weighted by Gasteiger charge is 2.28. The number of nitrogens with one attached hydrogen (secondary N) is 2. The Kier molecular flexibility index (Phi) is 4.51. The maximum Gasteiger partial charge on any atom is 0.332 e. The number of nitrogens with zero attached hydrogens (tertiary/aromatic N) is 4. The summed E-state index contributed by atoms with van der Waals surface area (Å²) in [6.07, 6.45) is 0.711. The summed E-state index contributed by atoms with van der Waals surface area (Å²) in [6.45, 7) is 5.22. The quantitative estimate of drug-likeness (QED) is 0.612. The van der Waals surface area contributed by atoms with Crippen LogP contribution in [0.5, 0.6) is 0 Å². The first-order chi connectivity index (χ1) is 10.0. The van der Waals surface area contributed by atoms with Crippen LogP contribution < -0.4 is 15.5 Å². The van der Waals surface area contributed by atoms with Crippen molar-refractivity contribution in [2.24, 2.45) is 0 Å². The number of anilines is 2. The van der Waals surface area contributed by atoms with Gasteiger partial charge in [-0.3, -0.25) is 14.9 Å². The summed E-state index contributed by atoms with van der Waals surface area (Å²) in [7, 11) is 0. The Morgan fingerprint density at radius 2 is 2.24 bits per heavy atom. The maximum atomic E-state index is 11.7. The monoisotopic (exact) mass is 294 g/mol. The van der Waals surface area contributed by atoms with Crippen LogP contribution in [0.4, 0.5) is 17.5 Å². The van der Waals surface area contributed by atoms with Crippen LogP contribution in [0.15, 0.2) is 0 Å². The molecule has 0 unspecified atom stereocenters. The average molecular weight is 294 g/mol. The molecule has 0 spiro atoms. The molecule has 2 N–H and O–H groups in total. The lowest BCUT2D eigenvalue weighted by molar-refractivity contribution is -0.385. The molecule has 0 bridgehead atoms. The summed E-state index contributed by atoms with van der Waals surface area (Å²) in [5.41, 5.74) is 0.136. The van der Waals surface area contributed by atoms with Crippen molar-refractivity contribution in [1.82, 2.24) is 15.3 Å². The van der Waals surface area contributed by atoms with Gasteiger partial charge in [0.15, 0.2) is 0 Å². The zero-order valence-electron chi connectivity index (χ0n) is 12.0. The zero-order valence-corrected chi connectivity index (χ0v) is 12.0. The van der Waals surface area contributed by atoms with Crippen molar-refractivity contribution >= 4 is 23.4 Å². The fourth-order valence-corrected chi connectivity index (χ4v) is 2.21. The van der Waals surface area contributed by atoms with E-state index >= 15 is 0 Å². The molecule has 1 aliphatic heterocycles. The van der Waals surface area contributed by atoms with E-state index in [1.165, 1.54) is 0 Å². The van der Waals surface area contributed by atoms with E-state index < -0.39 is 4.92 Å². The molecule has 1 amide bonds. The number of aryl methyl sites for hydroxylation is 1. The van der Waals surface area contributed by atoms with Crippen molar-refractivity contribution in [2.45, 2.75) is 20.3 Å². The number of nitro groups is 1. The zero-order chi connectivity index (χ0) is 15.4. The Hall–Kier alpha value is -2.45. The van der Waals surface area contributed by atoms with E-state index in [9.17, 15) is 14.9 Å². The molecule has 0 atom stereocenters. The number of carbonyl (C=O) groups excluding carboxylic acids is 1. The highest BCUT2D eigenvalue weighted by Crippen LogP contribution is 2.30. The molecule has 21 heavy (non-hydrogen) atoms. The van der Waals surface area contributed by atoms with E-state index in [-0.39, 0.29) is 29.7 Å². The number of hydrogen-bond acceptors (Lipinski definition) is 7. The Morgan fingerprint density at radius 1 is 1.48 bits per heavy atom. The molecule has 1 saturated heterocycles. The van der Waals surface area contributed by atoms with E-state index in [0.717, 1.165) is 0 Å². The molecule has 2 heterocycles. The SMILES string of the molecule is CCNc1nc(C)c([N+](=O)[O-])c(N2CCCNC(=O)C2)n1. The standard InChI is InChI=1S/C12H18N6O3/c1-3-13-12-15-8(2)10(18(20)21)11(16-12)17-6-4-5-14-9(19)7-17/h3-7H2,1-2H3,(H,14,19)(H,13,15,16). The minimum Gasteiger partial charge on any atom is -0.354 e. The molecule has 0 radical (unpaired) electrons. The van der Waals surface area contributed by atoms with Gasteiger partial charge in [0.05, 0.1) is 11.5 Å². The topological polar surface area (TPSA) is 113 Å². The summed E-state index contributed by atoms with van der Waals surface area (Å²) < 4.78 is 0. The predicted molar refractivity (Wildman–Crippen MR) is 77.4 cm³/mol. The lowest BCUT2D eigenvalue weighted by Gasteiger charge is -2.20. The maximum absolute atomic E-state index is 11.7. The number of aromatic nitrogens is 2. The molecule has 114 valence electrons. The van der Waals surface area contributed by atoms with E-state index in [1.54, 1.807) is 11.8 Å². The number of rotatable bonds is 4. The van der Waals surface area contributed by atoms with Crippen molar-refractivity contribution in [3.05, 3.63) is 15.8 Å². The normalized spacial score (nSPS) is 15.3. The minimum absolute atomic E-state index is 0.0584. The first-order valence-electron chi connectivity index (χ1n) is 6.81. The lowest BCUT2D eigenvalue weighted by atomic mass is 10.3. The van der Waals surface area contributed by atoms with Gasteiger partial charge in [-0.15, -0.1) is 0 Å². The molecule has 9 nitrogen and oxygen atoms in total. The van der Waals surface area contributed by atoms with Crippen molar-refractivity contribution in [1.29, 1.82) is 0 Å². The first kappa shape index (κ1) is 14.9. The van der Waals surface area contributed by atoms with Gasteiger partial charge >= 0.3 is 5.69 Å². The van der Waals surface area contributed by atoms with E-state index in [4.69, 9.17) is 0 Å². The smallest absolute Gasteiger partial charge is 0.332 e. The van der Waals surface area contributed by atoms with E-state index in [2.05, 4.69) is 20.6 Å². The molecule has 9 heteroatoms. The third-order valence-corrected chi connectivity index (χ3v) is 3.12. The summed E-state index contributed by atoms with van der Waals surface area (Å²) in [6, 6.07) is 0. The van der Waals surface area contributed by atoms with E-state index in [1.807, 2.05) is 6.92 Å². The average Bonchev–Trinajstić information content (AvgIpc) is 2.62. The van der Waals surface area contributed by atoms with Crippen LogP contribution >= 0.6 is 0 Å². The van der Waals surface area contributed by atoms with Gasteiger partial charge in [0.2, 0.25) is 17.7 Å². The van der Waals surface area contributed by atoms with Gasteiger partial charge in [0, 0.05) is 19.6 Å². The molecule has 2 rings (SSSR count). The van der Waals surface area contributed by atoms with Crippen molar-refractivity contribution in [3.8, 4) is 0 Å². The predicted octanol–water partition coefficient (Wildman–Crippen LogP) is 0.451. The van der Waals surface area contributed by atoms with Crippen LogP contribution in [0.1, 0.15) is 19.0 Å². The Balaban J connectivity index is 2.47. The molecule has 1 fully saturated rings. The number of amides is 1. The molecule has 1 aromatic rings. The molecule has 0 aromatic carbocycles. The second-order valence-electron chi connectivity index (χ2n) is 4.72. The highest BCUT2D eigenvalue weighted by atomic mass is 16.6. The Labute approximate surface area is 121 Å². The third-order valence-electron chi connectivity index (χ3n) is 3.12. The van der Waals surface area contributed by atoms with Crippen molar-refractivity contribution in [3.63, 3.8) is 0 Å². The molecular weight excluding hydrogens is 276 g/mol. The molecule has 0 aliphatic carbocycles. The largest absolute Gasteiger partial charge is 0.354 e. The first-order valence-corrected chi connectivity index (χ1v) is 6.81. The van der Waals surface area contributed by atoms with Gasteiger partial charge in [-0.2, -0.15) is 4.98 Å². The van der Waals surface area contributed by atoms with Gasteiger partial charge in [-0.1, -0.05) is 0 Å². The van der Waals surface area contributed by atoms with Crippen molar-refractivity contribution in [2.75, 3.05) is 36.4 Å². The molecule has 1 aliphatic rings. The van der Waals surface area contributed by atoms with Crippen LogP contribution in [-0.2, 0) is 4.79 Å². The number of hydrogen-bond donors (Lipinski definition) is 2. The summed E-state index contributed by atoms with van der Waals surface area (Å²) in [4.78, 5) is 32.4. The summed E-state index contributed by atoms with van der Waals surface area (Å²) >= 11 is 0. The minimum atomic E-state index is -0.497.